The number of terminal acetylenes is 1. The van der Waals surface area contributed by atoms with Crippen LogP contribution in [0.1, 0.15) is 6.42 Å². The van der Waals surface area contributed by atoms with E-state index in [1.165, 1.54) is 11.0 Å². The van der Waals surface area contributed by atoms with Gasteiger partial charge in [0.25, 0.3) is 0 Å². The third kappa shape index (κ3) is 3.33. The molecule has 1 heterocycles. The Hall–Kier alpha value is -1.90. The Labute approximate surface area is 75.3 Å². The van der Waals surface area contributed by atoms with Gasteiger partial charge >= 0.3 is 0 Å². The lowest BCUT2D eigenvalue weighted by Gasteiger charge is -2.00. The normalized spacial score (nSPS) is 9.15. The van der Waals surface area contributed by atoms with E-state index in [2.05, 4.69) is 26.8 Å². The number of aromatic nitrogens is 4. The summed E-state index contributed by atoms with van der Waals surface area (Å²) in [6.07, 6.45) is 6.92. The Morgan fingerprint density at radius 1 is 1.69 bits per heavy atom. The van der Waals surface area contributed by atoms with Crippen LogP contribution in [0.5, 0.6) is 0 Å². The van der Waals surface area contributed by atoms with Crippen LogP contribution in [0.25, 0.3) is 0 Å². The highest BCUT2D eigenvalue weighted by molar-refractivity contribution is 5.75. The fraction of sp³-hybridized carbons (Fsp3) is 0.429. The minimum absolute atomic E-state index is 0.123. The summed E-state index contributed by atoms with van der Waals surface area (Å²) in [5.74, 6) is 2.27. The van der Waals surface area contributed by atoms with Gasteiger partial charge in [-0.3, -0.25) is 4.79 Å². The number of rotatable bonds is 4. The summed E-state index contributed by atoms with van der Waals surface area (Å²) in [6, 6.07) is 0. The van der Waals surface area contributed by atoms with E-state index in [-0.39, 0.29) is 12.5 Å². The molecule has 0 radical (unpaired) electrons. The minimum atomic E-state index is -0.150. The zero-order valence-corrected chi connectivity index (χ0v) is 6.97. The summed E-state index contributed by atoms with van der Waals surface area (Å²) >= 11 is 0. The van der Waals surface area contributed by atoms with Gasteiger partial charge in [-0.15, -0.1) is 17.4 Å². The van der Waals surface area contributed by atoms with E-state index in [4.69, 9.17) is 6.42 Å². The van der Waals surface area contributed by atoms with Gasteiger partial charge in [-0.2, -0.15) is 0 Å². The molecule has 0 spiro atoms. The molecule has 13 heavy (non-hydrogen) atoms. The zero-order valence-electron chi connectivity index (χ0n) is 6.97. The van der Waals surface area contributed by atoms with Crippen LogP contribution in [0.2, 0.25) is 0 Å². The van der Waals surface area contributed by atoms with Crippen molar-refractivity contribution in [1.29, 1.82) is 0 Å². The Balaban J connectivity index is 2.23. The SMILES string of the molecule is C#CCCNC(=O)Cn1cnnn1. The summed E-state index contributed by atoms with van der Waals surface area (Å²) in [4.78, 5) is 11.1. The molecule has 1 amide bonds. The van der Waals surface area contributed by atoms with Gasteiger partial charge in [-0.05, 0) is 10.4 Å². The smallest absolute Gasteiger partial charge is 0.241 e. The molecule has 6 nitrogen and oxygen atoms in total. The molecule has 68 valence electrons. The lowest BCUT2D eigenvalue weighted by Crippen LogP contribution is -2.28. The summed E-state index contributed by atoms with van der Waals surface area (Å²) in [5.41, 5.74) is 0. The highest BCUT2D eigenvalue weighted by Crippen LogP contribution is 1.78. The monoisotopic (exact) mass is 179 g/mol. The Morgan fingerprint density at radius 3 is 3.15 bits per heavy atom. The lowest BCUT2D eigenvalue weighted by molar-refractivity contribution is -0.121. The van der Waals surface area contributed by atoms with Gasteiger partial charge in [0.2, 0.25) is 5.91 Å². The number of nitrogens with zero attached hydrogens (tertiary/aromatic N) is 4. The van der Waals surface area contributed by atoms with Crippen molar-refractivity contribution < 1.29 is 4.79 Å². The molecule has 0 saturated carbocycles. The summed E-state index contributed by atoms with van der Waals surface area (Å²) < 4.78 is 1.34. The Bertz CT molecular complexity index is 299. The van der Waals surface area contributed by atoms with Crippen LogP contribution < -0.4 is 5.32 Å². The topological polar surface area (TPSA) is 72.7 Å². The third-order valence-electron chi connectivity index (χ3n) is 1.29. The number of hydrogen-bond donors (Lipinski definition) is 1. The van der Waals surface area contributed by atoms with E-state index in [1.54, 1.807) is 0 Å². The average molecular weight is 179 g/mol. The highest BCUT2D eigenvalue weighted by Gasteiger charge is 2.01. The van der Waals surface area contributed by atoms with Crippen LogP contribution in [-0.4, -0.2) is 32.7 Å². The second-order valence-corrected chi connectivity index (χ2v) is 2.31. The van der Waals surface area contributed by atoms with Crippen LogP contribution in [-0.2, 0) is 11.3 Å². The molecule has 0 saturated heterocycles. The van der Waals surface area contributed by atoms with E-state index >= 15 is 0 Å². The fourth-order valence-corrected chi connectivity index (χ4v) is 0.730. The first-order chi connectivity index (χ1) is 6.33. The quantitative estimate of drug-likeness (QED) is 0.466. The predicted molar refractivity (Wildman–Crippen MR) is 44.3 cm³/mol. The number of hydrogen-bond acceptors (Lipinski definition) is 4. The largest absolute Gasteiger partial charge is 0.354 e. The fourth-order valence-electron chi connectivity index (χ4n) is 0.730. The molecular weight excluding hydrogens is 170 g/mol. The van der Waals surface area contributed by atoms with Gasteiger partial charge < -0.3 is 5.32 Å². The number of amides is 1. The van der Waals surface area contributed by atoms with E-state index < -0.39 is 0 Å². The molecule has 1 aromatic heterocycles. The summed E-state index contributed by atoms with van der Waals surface area (Å²) in [7, 11) is 0. The van der Waals surface area contributed by atoms with Crippen molar-refractivity contribution in [3.05, 3.63) is 6.33 Å². The van der Waals surface area contributed by atoms with Crippen LogP contribution in [0, 0.1) is 12.3 Å². The van der Waals surface area contributed by atoms with Crippen molar-refractivity contribution in [2.45, 2.75) is 13.0 Å². The average Bonchev–Trinajstić information content (AvgIpc) is 2.57. The van der Waals surface area contributed by atoms with Crippen molar-refractivity contribution in [2.24, 2.45) is 0 Å². The first kappa shape index (κ1) is 9.19. The van der Waals surface area contributed by atoms with Crippen molar-refractivity contribution in [2.75, 3.05) is 6.54 Å². The van der Waals surface area contributed by atoms with Crippen LogP contribution in [0.3, 0.4) is 0 Å². The van der Waals surface area contributed by atoms with Gasteiger partial charge in [0, 0.05) is 13.0 Å². The van der Waals surface area contributed by atoms with Gasteiger partial charge in [-0.1, -0.05) is 0 Å². The molecule has 1 N–H and O–H groups in total. The molecule has 0 aromatic carbocycles. The molecule has 0 aliphatic heterocycles. The van der Waals surface area contributed by atoms with Crippen molar-refractivity contribution in [3.8, 4) is 12.3 Å². The number of nitrogens with one attached hydrogen (secondary N) is 1. The maximum Gasteiger partial charge on any atom is 0.241 e. The maximum atomic E-state index is 11.1. The van der Waals surface area contributed by atoms with Crippen molar-refractivity contribution in [1.82, 2.24) is 25.5 Å². The van der Waals surface area contributed by atoms with Gasteiger partial charge in [0.15, 0.2) is 0 Å². The molecule has 0 aliphatic carbocycles. The molecule has 1 rings (SSSR count). The molecule has 0 aliphatic rings. The lowest BCUT2D eigenvalue weighted by atomic mass is 10.4. The third-order valence-corrected chi connectivity index (χ3v) is 1.29. The number of carbonyl (C=O) groups excluding carboxylic acids is 1. The van der Waals surface area contributed by atoms with Crippen molar-refractivity contribution >= 4 is 5.91 Å². The van der Waals surface area contributed by atoms with Gasteiger partial charge in [0.05, 0.1) is 0 Å². The van der Waals surface area contributed by atoms with Crippen LogP contribution >= 0.6 is 0 Å². The molecule has 0 fully saturated rings. The molecule has 0 unspecified atom stereocenters. The van der Waals surface area contributed by atoms with Gasteiger partial charge in [-0.25, -0.2) is 4.68 Å². The number of carbonyl (C=O) groups is 1. The standard InChI is InChI=1S/C7H9N5O/c1-2-3-4-8-7(13)5-12-6-9-10-11-12/h1,6H,3-5H2,(H,8,13). The Morgan fingerprint density at radius 2 is 2.54 bits per heavy atom. The number of tetrazole rings is 1. The molecule has 0 atom stereocenters. The first-order valence-electron chi connectivity index (χ1n) is 3.74. The second-order valence-electron chi connectivity index (χ2n) is 2.31. The van der Waals surface area contributed by atoms with Gasteiger partial charge in [0.1, 0.15) is 12.9 Å². The highest BCUT2D eigenvalue weighted by atomic mass is 16.2. The van der Waals surface area contributed by atoms with Crippen LogP contribution in [0.4, 0.5) is 0 Å². The van der Waals surface area contributed by atoms with E-state index in [1.807, 2.05) is 0 Å². The van der Waals surface area contributed by atoms with Crippen molar-refractivity contribution in [3.63, 3.8) is 0 Å². The summed E-state index contributed by atoms with van der Waals surface area (Å²) in [5, 5.41) is 12.9. The zero-order chi connectivity index (χ0) is 9.52. The predicted octanol–water partition coefficient (Wildman–Crippen LogP) is -1.19. The molecule has 1 aromatic rings. The molecule has 6 heteroatoms. The second kappa shape index (κ2) is 4.87. The maximum absolute atomic E-state index is 11.1. The summed E-state index contributed by atoms with van der Waals surface area (Å²) in [6.45, 7) is 0.606. The molecular formula is C7H9N5O. The van der Waals surface area contributed by atoms with Crippen LogP contribution in [0.15, 0.2) is 6.33 Å². The van der Waals surface area contributed by atoms with E-state index in [0.717, 1.165) is 0 Å². The van der Waals surface area contributed by atoms with E-state index in [0.29, 0.717) is 13.0 Å². The minimum Gasteiger partial charge on any atom is -0.354 e. The first-order valence-corrected chi connectivity index (χ1v) is 3.74. The molecule has 0 bridgehead atoms. The Kier molecular flexibility index (Phi) is 3.45. The van der Waals surface area contributed by atoms with E-state index in [9.17, 15) is 4.79 Å².